The first-order valence-electron chi connectivity index (χ1n) is 8.14. The standard InChI is InChI=1S/C19H19N3O4S/c1-12-4-7-14(8-5-12)27-11-17(23)20-19-22-21-18(26-19)15-9-6-13(24-2)10-16(15)25-3/h4-10H,11H2,1-3H3,(H,20,22,23). The van der Waals surface area contributed by atoms with Crippen LogP contribution in [0.4, 0.5) is 6.01 Å². The van der Waals surface area contributed by atoms with Crippen molar-refractivity contribution in [2.75, 3.05) is 25.3 Å². The molecule has 1 heterocycles. The van der Waals surface area contributed by atoms with Crippen molar-refractivity contribution in [3.05, 3.63) is 48.0 Å². The fourth-order valence-electron chi connectivity index (χ4n) is 2.30. The van der Waals surface area contributed by atoms with E-state index < -0.39 is 0 Å². The fraction of sp³-hybridized carbons (Fsp3) is 0.211. The zero-order chi connectivity index (χ0) is 19.2. The average Bonchev–Trinajstić information content (AvgIpc) is 3.15. The zero-order valence-corrected chi connectivity index (χ0v) is 16.0. The third kappa shape index (κ3) is 4.79. The van der Waals surface area contributed by atoms with Crippen LogP contribution in [-0.4, -0.2) is 36.1 Å². The number of thioether (sulfide) groups is 1. The molecule has 1 aromatic heterocycles. The predicted molar refractivity (Wildman–Crippen MR) is 103 cm³/mol. The summed E-state index contributed by atoms with van der Waals surface area (Å²) in [5, 5.41) is 10.5. The quantitative estimate of drug-likeness (QED) is 0.619. The highest BCUT2D eigenvalue weighted by atomic mass is 32.2. The smallest absolute Gasteiger partial charge is 0.322 e. The van der Waals surface area contributed by atoms with Crippen molar-refractivity contribution in [3.63, 3.8) is 0 Å². The molecule has 2 aromatic carbocycles. The number of carbonyl (C=O) groups excluding carboxylic acids is 1. The fourth-order valence-corrected chi connectivity index (χ4v) is 2.99. The Balaban J connectivity index is 1.63. The summed E-state index contributed by atoms with van der Waals surface area (Å²) in [6.45, 7) is 2.02. The lowest BCUT2D eigenvalue weighted by Crippen LogP contribution is -2.14. The van der Waals surface area contributed by atoms with Gasteiger partial charge in [-0.2, -0.15) is 0 Å². The summed E-state index contributed by atoms with van der Waals surface area (Å²) < 4.78 is 16.0. The summed E-state index contributed by atoms with van der Waals surface area (Å²) in [6.07, 6.45) is 0. The van der Waals surface area contributed by atoms with Crippen molar-refractivity contribution in [1.29, 1.82) is 0 Å². The molecule has 0 spiro atoms. The Morgan fingerprint density at radius 2 is 1.89 bits per heavy atom. The summed E-state index contributed by atoms with van der Waals surface area (Å²) >= 11 is 1.43. The first kappa shape index (κ1) is 18.8. The van der Waals surface area contributed by atoms with Gasteiger partial charge in [-0.05, 0) is 31.2 Å². The van der Waals surface area contributed by atoms with Gasteiger partial charge >= 0.3 is 6.01 Å². The minimum atomic E-state index is -0.225. The molecule has 8 heteroatoms. The number of nitrogens with zero attached hydrogens (tertiary/aromatic N) is 2. The molecule has 1 N–H and O–H groups in total. The first-order chi connectivity index (χ1) is 13.1. The third-order valence-corrected chi connectivity index (χ3v) is 4.71. The normalized spacial score (nSPS) is 10.5. The molecular weight excluding hydrogens is 366 g/mol. The Morgan fingerprint density at radius 3 is 2.59 bits per heavy atom. The van der Waals surface area contributed by atoms with Crippen molar-refractivity contribution in [2.24, 2.45) is 0 Å². The maximum atomic E-state index is 12.1. The van der Waals surface area contributed by atoms with Crippen LogP contribution in [0.2, 0.25) is 0 Å². The lowest BCUT2D eigenvalue weighted by molar-refractivity contribution is -0.113. The molecule has 27 heavy (non-hydrogen) atoms. The molecular formula is C19H19N3O4S. The highest BCUT2D eigenvalue weighted by molar-refractivity contribution is 8.00. The van der Waals surface area contributed by atoms with Crippen molar-refractivity contribution >= 4 is 23.7 Å². The number of nitrogens with one attached hydrogen (secondary N) is 1. The minimum absolute atomic E-state index is 0.0392. The molecule has 0 aliphatic carbocycles. The van der Waals surface area contributed by atoms with Crippen LogP contribution in [0, 0.1) is 6.92 Å². The van der Waals surface area contributed by atoms with E-state index in [0.717, 1.165) is 4.90 Å². The van der Waals surface area contributed by atoms with Crippen LogP contribution in [0.1, 0.15) is 5.56 Å². The van der Waals surface area contributed by atoms with Crippen LogP contribution in [0.3, 0.4) is 0 Å². The van der Waals surface area contributed by atoms with Gasteiger partial charge in [0.1, 0.15) is 11.5 Å². The number of aromatic nitrogens is 2. The van der Waals surface area contributed by atoms with Gasteiger partial charge in [0.05, 0.1) is 25.5 Å². The van der Waals surface area contributed by atoms with Gasteiger partial charge in [0.2, 0.25) is 5.91 Å². The van der Waals surface area contributed by atoms with Gasteiger partial charge < -0.3 is 13.9 Å². The highest BCUT2D eigenvalue weighted by Gasteiger charge is 2.16. The molecule has 0 radical (unpaired) electrons. The number of ether oxygens (including phenoxy) is 2. The molecule has 0 atom stereocenters. The first-order valence-corrected chi connectivity index (χ1v) is 9.13. The van der Waals surface area contributed by atoms with Gasteiger partial charge in [0.15, 0.2) is 0 Å². The number of aryl methyl sites for hydroxylation is 1. The topological polar surface area (TPSA) is 86.5 Å². The molecule has 3 rings (SSSR count). The van der Waals surface area contributed by atoms with Crippen molar-refractivity contribution < 1.29 is 18.7 Å². The second-order valence-corrected chi connectivity index (χ2v) is 6.68. The van der Waals surface area contributed by atoms with Crippen LogP contribution in [0.25, 0.3) is 11.5 Å². The maximum Gasteiger partial charge on any atom is 0.322 e. The monoisotopic (exact) mass is 385 g/mol. The second-order valence-electron chi connectivity index (χ2n) is 5.63. The molecule has 3 aromatic rings. The van der Waals surface area contributed by atoms with Crippen LogP contribution < -0.4 is 14.8 Å². The van der Waals surface area contributed by atoms with E-state index in [-0.39, 0.29) is 23.6 Å². The number of amides is 1. The largest absolute Gasteiger partial charge is 0.497 e. The molecule has 0 bridgehead atoms. The summed E-state index contributed by atoms with van der Waals surface area (Å²) in [5.74, 6) is 1.45. The number of hydrogen-bond acceptors (Lipinski definition) is 7. The zero-order valence-electron chi connectivity index (χ0n) is 15.2. The van der Waals surface area contributed by atoms with E-state index >= 15 is 0 Å². The number of rotatable bonds is 7. The molecule has 0 saturated heterocycles. The number of hydrogen-bond donors (Lipinski definition) is 1. The van der Waals surface area contributed by atoms with Gasteiger partial charge in [-0.1, -0.05) is 22.8 Å². The minimum Gasteiger partial charge on any atom is -0.497 e. The highest BCUT2D eigenvalue weighted by Crippen LogP contribution is 2.33. The van der Waals surface area contributed by atoms with Gasteiger partial charge in [-0.3, -0.25) is 10.1 Å². The van der Waals surface area contributed by atoms with Crippen LogP contribution in [0.15, 0.2) is 51.8 Å². The summed E-state index contributed by atoms with van der Waals surface area (Å²) in [7, 11) is 3.11. The number of methoxy groups -OCH3 is 2. The predicted octanol–water partition coefficient (Wildman–Crippen LogP) is 3.79. The number of anilines is 1. The number of benzene rings is 2. The van der Waals surface area contributed by atoms with Gasteiger partial charge in [0.25, 0.3) is 5.89 Å². The lowest BCUT2D eigenvalue weighted by Gasteiger charge is -2.07. The molecule has 0 aliphatic rings. The van der Waals surface area contributed by atoms with Crippen molar-refractivity contribution in [1.82, 2.24) is 10.2 Å². The lowest BCUT2D eigenvalue weighted by atomic mass is 10.2. The summed E-state index contributed by atoms with van der Waals surface area (Å²) in [6, 6.07) is 13.2. The Hall–Kier alpha value is -3.00. The van der Waals surface area contributed by atoms with E-state index in [0.29, 0.717) is 17.1 Å². The Kier molecular flexibility index (Phi) is 5.97. The van der Waals surface area contributed by atoms with E-state index in [4.69, 9.17) is 13.9 Å². The van der Waals surface area contributed by atoms with E-state index in [1.165, 1.54) is 17.3 Å². The van der Waals surface area contributed by atoms with Gasteiger partial charge in [-0.15, -0.1) is 16.9 Å². The third-order valence-electron chi connectivity index (χ3n) is 3.70. The average molecular weight is 385 g/mol. The molecule has 0 fully saturated rings. The van der Waals surface area contributed by atoms with Crippen LogP contribution in [-0.2, 0) is 4.79 Å². The van der Waals surface area contributed by atoms with Crippen molar-refractivity contribution in [2.45, 2.75) is 11.8 Å². The Morgan fingerprint density at radius 1 is 1.11 bits per heavy atom. The van der Waals surface area contributed by atoms with Gasteiger partial charge in [-0.25, -0.2) is 0 Å². The molecule has 7 nitrogen and oxygen atoms in total. The maximum absolute atomic E-state index is 12.1. The Bertz CT molecular complexity index is 925. The summed E-state index contributed by atoms with van der Waals surface area (Å²) in [4.78, 5) is 13.1. The second kappa shape index (κ2) is 8.59. The number of carbonyl (C=O) groups is 1. The van der Waals surface area contributed by atoms with Crippen LogP contribution >= 0.6 is 11.8 Å². The van der Waals surface area contributed by atoms with Crippen molar-refractivity contribution in [3.8, 4) is 23.0 Å². The van der Waals surface area contributed by atoms with E-state index in [2.05, 4.69) is 15.5 Å². The SMILES string of the molecule is COc1ccc(-c2nnc(NC(=O)CSc3ccc(C)cc3)o2)c(OC)c1. The van der Waals surface area contributed by atoms with E-state index in [1.54, 1.807) is 32.4 Å². The van der Waals surface area contributed by atoms with Crippen LogP contribution in [0.5, 0.6) is 11.5 Å². The molecule has 0 aliphatic heterocycles. The van der Waals surface area contributed by atoms with E-state index in [1.807, 2.05) is 31.2 Å². The molecule has 140 valence electrons. The molecule has 0 unspecified atom stereocenters. The summed E-state index contributed by atoms with van der Waals surface area (Å²) in [5.41, 5.74) is 1.79. The Labute approximate surface area is 161 Å². The van der Waals surface area contributed by atoms with Gasteiger partial charge in [0, 0.05) is 11.0 Å². The molecule has 0 saturated carbocycles. The molecule has 1 amide bonds. The van der Waals surface area contributed by atoms with E-state index in [9.17, 15) is 4.79 Å².